The summed E-state index contributed by atoms with van der Waals surface area (Å²) < 4.78 is 25.2. The number of rotatable bonds is 4. The predicted molar refractivity (Wildman–Crippen MR) is 72.5 cm³/mol. The van der Waals surface area contributed by atoms with Crippen molar-refractivity contribution in [2.24, 2.45) is 0 Å². The Kier molecular flexibility index (Phi) is 4.57. The number of halogens is 1. The summed E-state index contributed by atoms with van der Waals surface area (Å²) in [6.07, 6.45) is -0.0264. The number of benzene rings is 1. The number of nitrogens with one attached hydrogen (secondary N) is 2. The van der Waals surface area contributed by atoms with E-state index in [9.17, 15) is 13.2 Å². The van der Waals surface area contributed by atoms with Gasteiger partial charge in [-0.2, -0.15) is 0 Å². The topological polar surface area (TPSA) is 95.5 Å². The van der Waals surface area contributed by atoms with E-state index >= 15 is 0 Å². The van der Waals surface area contributed by atoms with Crippen molar-refractivity contribution in [1.82, 2.24) is 5.32 Å². The van der Waals surface area contributed by atoms with Gasteiger partial charge in [0.05, 0.1) is 11.9 Å². The Balaban J connectivity index is 2.83. The fraction of sp³-hybridized carbons (Fsp3) is 0.222. The summed E-state index contributed by atoms with van der Waals surface area (Å²) in [5, 5.41) is 10.7. The highest BCUT2D eigenvalue weighted by molar-refractivity contribution is 14.1. The highest BCUT2D eigenvalue weighted by atomic mass is 127. The Hall–Kier alpha value is -1.03. The molecular weight excluding hydrogens is 359 g/mol. The zero-order valence-corrected chi connectivity index (χ0v) is 11.9. The first-order valence-electron chi connectivity index (χ1n) is 4.51. The van der Waals surface area contributed by atoms with Gasteiger partial charge in [0.2, 0.25) is 10.0 Å². The molecule has 0 saturated heterocycles. The molecule has 17 heavy (non-hydrogen) atoms. The maximum absolute atomic E-state index is 11.0. The number of carbonyl (C=O) groups is 1. The van der Waals surface area contributed by atoms with Crippen LogP contribution in [0.3, 0.4) is 0 Å². The Morgan fingerprint density at radius 2 is 2.12 bits per heavy atom. The Labute approximate surface area is 113 Å². The van der Waals surface area contributed by atoms with Crippen LogP contribution in [0.25, 0.3) is 0 Å². The number of sulfonamides is 1. The normalized spacial score (nSPS) is 10.9. The molecule has 3 N–H and O–H groups in total. The molecule has 0 atom stereocenters. The minimum Gasteiger partial charge on any atom is -0.465 e. The summed E-state index contributed by atoms with van der Waals surface area (Å²) in [7, 11) is -3.30. The van der Waals surface area contributed by atoms with Crippen molar-refractivity contribution in [1.29, 1.82) is 0 Å². The van der Waals surface area contributed by atoms with Crippen LogP contribution in [0.5, 0.6) is 0 Å². The Bertz CT molecular complexity index is 530. The molecule has 94 valence electrons. The minimum absolute atomic E-state index is 0.185. The van der Waals surface area contributed by atoms with Gasteiger partial charge >= 0.3 is 6.09 Å². The zero-order chi connectivity index (χ0) is 13.1. The van der Waals surface area contributed by atoms with Gasteiger partial charge in [0, 0.05) is 10.1 Å². The van der Waals surface area contributed by atoms with E-state index in [0.717, 1.165) is 11.8 Å². The smallest absolute Gasteiger partial charge is 0.404 e. The van der Waals surface area contributed by atoms with Gasteiger partial charge in [0.25, 0.3) is 0 Å². The second kappa shape index (κ2) is 5.54. The Morgan fingerprint density at radius 1 is 1.47 bits per heavy atom. The minimum atomic E-state index is -3.30. The fourth-order valence-corrected chi connectivity index (χ4v) is 2.60. The number of anilines is 1. The lowest BCUT2D eigenvalue weighted by Gasteiger charge is -2.08. The van der Waals surface area contributed by atoms with Crippen LogP contribution < -0.4 is 10.0 Å². The summed E-state index contributed by atoms with van der Waals surface area (Å²) in [4.78, 5) is 10.3. The van der Waals surface area contributed by atoms with E-state index in [1.54, 1.807) is 18.2 Å². The largest absolute Gasteiger partial charge is 0.465 e. The summed E-state index contributed by atoms with van der Waals surface area (Å²) in [5.74, 6) is 0. The molecule has 0 aliphatic rings. The lowest BCUT2D eigenvalue weighted by molar-refractivity contribution is 0.194. The van der Waals surface area contributed by atoms with Crippen LogP contribution in [-0.4, -0.2) is 25.9 Å². The third-order valence-corrected chi connectivity index (χ3v) is 3.26. The van der Waals surface area contributed by atoms with Gasteiger partial charge in [-0.3, -0.25) is 4.72 Å². The molecular formula is C9H11IN2O4S. The number of carboxylic acid groups (broad SMARTS) is 1. The maximum atomic E-state index is 11.0. The molecule has 0 heterocycles. The van der Waals surface area contributed by atoms with Gasteiger partial charge in [0.1, 0.15) is 0 Å². The number of hydrogen-bond acceptors (Lipinski definition) is 3. The lowest BCUT2D eigenvalue weighted by atomic mass is 10.2. The maximum Gasteiger partial charge on any atom is 0.404 e. The molecule has 1 amide bonds. The van der Waals surface area contributed by atoms with Crippen molar-refractivity contribution in [3.05, 3.63) is 27.3 Å². The zero-order valence-electron chi connectivity index (χ0n) is 8.90. The van der Waals surface area contributed by atoms with E-state index in [4.69, 9.17) is 5.11 Å². The van der Waals surface area contributed by atoms with E-state index in [1.165, 1.54) is 0 Å². The molecule has 0 spiro atoms. The predicted octanol–water partition coefficient (Wildman–Crippen LogP) is 1.43. The molecule has 8 heteroatoms. The van der Waals surface area contributed by atoms with E-state index < -0.39 is 16.1 Å². The molecule has 0 saturated carbocycles. The lowest BCUT2D eigenvalue weighted by Crippen LogP contribution is -2.20. The molecule has 1 aromatic carbocycles. The molecule has 0 aliphatic carbocycles. The molecule has 0 aliphatic heterocycles. The van der Waals surface area contributed by atoms with Crippen LogP contribution in [0.2, 0.25) is 0 Å². The van der Waals surface area contributed by atoms with Crippen LogP contribution in [0, 0.1) is 3.57 Å². The third-order valence-electron chi connectivity index (χ3n) is 1.77. The van der Waals surface area contributed by atoms with Gasteiger partial charge in [-0.05, 0) is 40.3 Å². The summed E-state index contributed by atoms with van der Waals surface area (Å²) in [6, 6.07) is 4.97. The highest BCUT2D eigenvalue weighted by Crippen LogP contribution is 2.20. The molecule has 1 rings (SSSR count). The van der Waals surface area contributed by atoms with E-state index in [-0.39, 0.29) is 6.54 Å². The number of hydrogen-bond donors (Lipinski definition) is 3. The van der Waals surface area contributed by atoms with Crippen LogP contribution in [-0.2, 0) is 16.6 Å². The van der Waals surface area contributed by atoms with E-state index in [2.05, 4.69) is 10.0 Å². The van der Waals surface area contributed by atoms with Crippen molar-refractivity contribution in [2.45, 2.75) is 6.54 Å². The summed E-state index contributed by atoms with van der Waals surface area (Å²) in [5.41, 5.74) is 1.24. The molecule has 1 aromatic rings. The van der Waals surface area contributed by atoms with Gasteiger partial charge in [-0.15, -0.1) is 0 Å². The molecule has 0 unspecified atom stereocenters. The van der Waals surface area contributed by atoms with Crippen LogP contribution in [0.15, 0.2) is 18.2 Å². The molecule has 0 fully saturated rings. The van der Waals surface area contributed by atoms with Gasteiger partial charge < -0.3 is 10.4 Å². The standard InChI is InChI=1S/C9H11IN2O4S/c1-17(15,16)12-8-3-2-6(4-7(8)10)5-11-9(13)14/h2-4,11-12H,5H2,1H3,(H,13,14). The molecule has 0 radical (unpaired) electrons. The molecule has 0 aromatic heterocycles. The second-order valence-electron chi connectivity index (χ2n) is 3.35. The summed E-state index contributed by atoms with van der Waals surface area (Å²) in [6.45, 7) is 0.185. The van der Waals surface area contributed by atoms with E-state index in [0.29, 0.717) is 9.26 Å². The van der Waals surface area contributed by atoms with Crippen molar-refractivity contribution in [3.8, 4) is 0 Å². The van der Waals surface area contributed by atoms with Crippen LogP contribution in [0.1, 0.15) is 5.56 Å². The average molecular weight is 370 g/mol. The van der Waals surface area contributed by atoms with Gasteiger partial charge in [-0.1, -0.05) is 6.07 Å². The van der Waals surface area contributed by atoms with Crippen LogP contribution in [0.4, 0.5) is 10.5 Å². The first-order valence-corrected chi connectivity index (χ1v) is 7.48. The second-order valence-corrected chi connectivity index (χ2v) is 6.26. The first kappa shape index (κ1) is 14.0. The van der Waals surface area contributed by atoms with Gasteiger partial charge in [0.15, 0.2) is 0 Å². The quantitative estimate of drug-likeness (QED) is 0.699. The molecule has 0 bridgehead atoms. The number of amides is 1. The van der Waals surface area contributed by atoms with Crippen molar-refractivity contribution in [3.63, 3.8) is 0 Å². The Morgan fingerprint density at radius 3 is 2.59 bits per heavy atom. The molecule has 6 nitrogen and oxygen atoms in total. The SMILES string of the molecule is CS(=O)(=O)Nc1ccc(CNC(=O)O)cc1I. The van der Waals surface area contributed by atoms with Crippen molar-refractivity contribution >= 4 is 44.4 Å². The third kappa shape index (κ3) is 5.22. The fourth-order valence-electron chi connectivity index (χ4n) is 1.13. The first-order chi connectivity index (χ1) is 7.78. The monoisotopic (exact) mass is 370 g/mol. The average Bonchev–Trinajstić information content (AvgIpc) is 2.17. The van der Waals surface area contributed by atoms with E-state index in [1.807, 2.05) is 22.6 Å². The van der Waals surface area contributed by atoms with Crippen LogP contribution >= 0.6 is 22.6 Å². The highest BCUT2D eigenvalue weighted by Gasteiger charge is 2.06. The van der Waals surface area contributed by atoms with Crippen molar-refractivity contribution < 1.29 is 18.3 Å². The van der Waals surface area contributed by atoms with Crippen molar-refractivity contribution in [2.75, 3.05) is 11.0 Å². The summed E-state index contributed by atoms with van der Waals surface area (Å²) >= 11 is 1.98. The van der Waals surface area contributed by atoms with Gasteiger partial charge in [-0.25, -0.2) is 13.2 Å².